The van der Waals surface area contributed by atoms with E-state index in [0.29, 0.717) is 0 Å². The van der Waals surface area contributed by atoms with Crippen LogP contribution in [0.5, 0.6) is 0 Å². The predicted octanol–water partition coefficient (Wildman–Crippen LogP) is 2.18. The van der Waals surface area contributed by atoms with E-state index in [9.17, 15) is 27.9 Å². The minimum Gasteiger partial charge on any atom is -0.394 e. The summed E-state index contributed by atoms with van der Waals surface area (Å²) in [7, 11) is 0. The summed E-state index contributed by atoms with van der Waals surface area (Å²) in [5, 5.41) is 9.18. The lowest BCUT2D eigenvalue weighted by Gasteiger charge is -2.16. The molecule has 124 valence electrons. The van der Waals surface area contributed by atoms with Crippen LogP contribution in [0.4, 0.5) is 13.2 Å². The topological polar surface area (TPSA) is 64.2 Å². The second kappa shape index (κ2) is 6.48. The summed E-state index contributed by atoms with van der Waals surface area (Å²) in [6.07, 6.45) is -3.36. The van der Waals surface area contributed by atoms with E-state index in [1.54, 1.807) is 22.6 Å². The van der Waals surface area contributed by atoms with Crippen molar-refractivity contribution < 1.29 is 18.3 Å². The smallest absolute Gasteiger partial charge is 0.394 e. The van der Waals surface area contributed by atoms with Crippen molar-refractivity contribution in [1.82, 2.24) is 9.13 Å². The number of hydrogen-bond acceptors (Lipinski definition) is 3. The van der Waals surface area contributed by atoms with E-state index < -0.39 is 35.6 Å². The summed E-state index contributed by atoms with van der Waals surface area (Å²) in [6.45, 7) is 1.02. The van der Waals surface area contributed by atoms with E-state index >= 15 is 0 Å². The molecule has 0 radical (unpaired) electrons. The van der Waals surface area contributed by atoms with E-state index in [-0.39, 0.29) is 9.26 Å². The number of nitrogens with zero attached hydrogens (tertiary/aromatic N) is 2. The molecule has 9 heteroatoms. The van der Waals surface area contributed by atoms with Crippen LogP contribution in [-0.2, 0) is 6.18 Å². The normalized spacial score (nSPS) is 13.1. The highest BCUT2D eigenvalue weighted by Crippen LogP contribution is 2.30. The van der Waals surface area contributed by atoms with Gasteiger partial charge in [0.15, 0.2) is 0 Å². The van der Waals surface area contributed by atoms with E-state index in [1.807, 2.05) is 0 Å². The first-order valence-corrected chi connectivity index (χ1v) is 7.57. The Hall–Kier alpha value is -1.62. The first kappa shape index (κ1) is 17.7. The highest BCUT2D eigenvalue weighted by atomic mass is 127. The number of hydrogen-bond donors (Lipinski definition) is 1. The molecule has 23 heavy (non-hydrogen) atoms. The van der Waals surface area contributed by atoms with E-state index in [2.05, 4.69) is 0 Å². The highest BCUT2D eigenvalue weighted by molar-refractivity contribution is 14.1. The van der Waals surface area contributed by atoms with Gasteiger partial charge >= 0.3 is 11.9 Å². The third-order valence-corrected chi connectivity index (χ3v) is 3.97. The van der Waals surface area contributed by atoms with Crippen LogP contribution < -0.4 is 11.2 Å². The van der Waals surface area contributed by atoms with E-state index in [1.165, 1.54) is 25.3 Å². The Balaban J connectivity index is 2.73. The Kier molecular flexibility index (Phi) is 4.99. The van der Waals surface area contributed by atoms with Crippen LogP contribution in [0.15, 0.2) is 40.1 Å². The number of alkyl halides is 3. The Morgan fingerprint density at radius 2 is 1.96 bits per heavy atom. The van der Waals surface area contributed by atoms with Crippen molar-refractivity contribution in [3.8, 4) is 5.69 Å². The number of aromatic nitrogens is 2. The molecule has 5 nitrogen and oxygen atoms in total. The molecule has 2 aromatic rings. The molecule has 1 heterocycles. The van der Waals surface area contributed by atoms with Crippen LogP contribution in [0.25, 0.3) is 5.69 Å². The van der Waals surface area contributed by atoms with E-state index in [4.69, 9.17) is 0 Å². The summed E-state index contributed by atoms with van der Waals surface area (Å²) >= 11 is 1.70. The molecule has 0 saturated heterocycles. The van der Waals surface area contributed by atoms with Crippen LogP contribution in [0.3, 0.4) is 0 Å². The molecule has 0 spiro atoms. The molecule has 0 amide bonds. The van der Waals surface area contributed by atoms with Gasteiger partial charge in [-0.3, -0.25) is 13.9 Å². The SMILES string of the molecule is C[C@H](CO)n1c(=O)c(I)cn(-c2cccc(C(F)(F)F)c2)c1=O. The molecule has 1 N–H and O–H groups in total. The number of rotatable bonds is 3. The Bertz CT molecular complexity index is 842. The molecular weight excluding hydrogens is 428 g/mol. The van der Waals surface area contributed by atoms with Crippen molar-refractivity contribution in [2.24, 2.45) is 0 Å². The van der Waals surface area contributed by atoms with Crippen LogP contribution in [-0.4, -0.2) is 20.8 Å². The highest BCUT2D eigenvalue weighted by Gasteiger charge is 2.30. The van der Waals surface area contributed by atoms with Crippen molar-refractivity contribution in [3.63, 3.8) is 0 Å². The van der Waals surface area contributed by atoms with Gasteiger partial charge in [-0.15, -0.1) is 0 Å². The van der Waals surface area contributed by atoms with Gasteiger partial charge in [-0.2, -0.15) is 13.2 Å². The van der Waals surface area contributed by atoms with Gasteiger partial charge in [0.1, 0.15) is 0 Å². The van der Waals surface area contributed by atoms with Crippen LogP contribution >= 0.6 is 22.6 Å². The van der Waals surface area contributed by atoms with Crippen molar-refractivity contribution in [2.45, 2.75) is 19.1 Å². The quantitative estimate of drug-likeness (QED) is 0.745. The zero-order valence-corrected chi connectivity index (χ0v) is 14.0. The fourth-order valence-electron chi connectivity index (χ4n) is 2.03. The molecule has 0 unspecified atom stereocenters. The van der Waals surface area contributed by atoms with Crippen molar-refractivity contribution >= 4 is 22.6 Å². The molecule has 1 atom stereocenters. The maximum Gasteiger partial charge on any atom is 0.416 e. The molecule has 0 bridgehead atoms. The number of benzene rings is 1. The van der Waals surface area contributed by atoms with Crippen molar-refractivity contribution in [3.05, 3.63) is 60.4 Å². The standard InChI is InChI=1S/C14H12F3IN2O3/c1-8(7-21)20-12(22)11(18)6-19(13(20)23)10-4-2-3-9(5-10)14(15,16)17/h2-6,8,21H,7H2,1H3/t8-/m1/s1. The Morgan fingerprint density at radius 3 is 2.52 bits per heavy atom. The van der Waals surface area contributed by atoms with Gasteiger partial charge < -0.3 is 5.11 Å². The summed E-state index contributed by atoms with van der Waals surface area (Å²) in [4.78, 5) is 24.5. The minimum absolute atomic E-state index is 0.0124. The zero-order valence-electron chi connectivity index (χ0n) is 11.8. The monoisotopic (exact) mass is 440 g/mol. The van der Waals surface area contributed by atoms with Crippen molar-refractivity contribution in [1.29, 1.82) is 0 Å². The predicted molar refractivity (Wildman–Crippen MR) is 85.8 cm³/mol. The summed E-state index contributed by atoms with van der Waals surface area (Å²) in [5.41, 5.74) is -2.32. The van der Waals surface area contributed by atoms with Crippen molar-refractivity contribution in [2.75, 3.05) is 6.61 Å². The van der Waals surface area contributed by atoms with Crippen LogP contribution in [0, 0.1) is 3.57 Å². The lowest BCUT2D eigenvalue weighted by atomic mass is 10.2. The van der Waals surface area contributed by atoms with E-state index in [0.717, 1.165) is 21.3 Å². The molecule has 0 fully saturated rings. The van der Waals surface area contributed by atoms with Gasteiger partial charge in [-0.1, -0.05) is 6.07 Å². The third kappa shape index (κ3) is 3.50. The molecular formula is C14H12F3IN2O3. The average Bonchev–Trinajstić information content (AvgIpc) is 2.50. The fraction of sp³-hybridized carbons (Fsp3) is 0.286. The molecule has 1 aromatic heterocycles. The summed E-state index contributed by atoms with van der Waals surface area (Å²) in [5.74, 6) is 0. The fourth-order valence-corrected chi connectivity index (χ4v) is 2.57. The minimum atomic E-state index is -4.54. The second-order valence-corrected chi connectivity index (χ2v) is 6.05. The maximum absolute atomic E-state index is 12.8. The summed E-state index contributed by atoms with van der Waals surface area (Å²) < 4.78 is 40.4. The van der Waals surface area contributed by atoms with Gasteiger partial charge in [0.2, 0.25) is 0 Å². The van der Waals surface area contributed by atoms with Gasteiger partial charge in [-0.25, -0.2) is 4.79 Å². The molecule has 0 saturated carbocycles. The lowest BCUT2D eigenvalue weighted by molar-refractivity contribution is -0.137. The van der Waals surface area contributed by atoms with Gasteiger partial charge in [0, 0.05) is 6.20 Å². The van der Waals surface area contributed by atoms with Crippen LogP contribution in [0.1, 0.15) is 18.5 Å². The Morgan fingerprint density at radius 1 is 1.30 bits per heavy atom. The molecule has 2 rings (SSSR count). The Labute approximate surface area is 142 Å². The summed E-state index contributed by atoms with van der Waals surface area (Å²) in [6, 6.07) is 3.46. The first-order chi connectivity index (χ1) is 10.7. The zero-order chi connectivity index (χ0) is 17.4. The largest absolute Gasteiger partial charge is 0.416 e. The maximum atomic E-state index is 12.8. The number of halogens is 4. The number of aliphatic hydroxyl groups is 1. The lowest BCUT2D eigenvalue weighted by Crippen LogP contribution is -2.42. The van der Waals surface area contributed by atoms with Gasteiger partial charge in [0.05, 0.1) is 27.5 Å². The third-order valence-electron chi connectivity index (χ3n) is 3.23. The molecule has 0 aliphatic heterocycles. The average molecular weight is 440 g/mol. The van der Waals surface area contributed by atoms with Crippen LogP contribution in [0.2, 0.25) is 0 Å². The number of aliphatic hydroxyl groups excluding tert-OH is 1. The first-order valence-electron chi connectivity index (χ1n) is 6.49. The molecule has 1 aromatic carbocycles. The molecule has 0 aliphatic rings. The van der Waals surface area contributed by atoms with Gasteiger partial charge in [-0.05, 0) is 47.7 Å². The second-order valence-electron chi connectivity index (χ2n) is 4.88. The van der Waals surface area contributed by atoms with Gasteiger partial charge in [0.25, 0.3) is 5.56 Å². The molecule has 0 aliphatic carbocycles.